The molecule has 2 rings (SSSR count). The van der Waals surface area contributed by atoms with Gasteiger partial charge in [-0.1, -0.05) is 11.6 Å². The number of nitrogens with zero attached hydrogens (tertiary/aromatic N) is 1. The maximum Gasteiger partial charge on any atom is 0.226 e. The Morgan fingerprint density at radius 3 is 3.00 bits per heavy atom. The molecule has 0 saturated carbocycles. The molecule has 1 heterocycles. The molecule has 1 aliphatic carbocycles. The molecule has 17 heavy (non-hydrogen) atoms. The van der Waals surface area contributed by atoms with E-state index in [9.17, 15) is 4.79 Å². The quantitative estimate of drug-likeness (QED) is 0.745. The van der Waals surface area contributed by atoms with E-state index in [1.54, 1.807) is 0 Å². The summed E-state index contributed by atoms with van der Waals surface area (Å²) < 4.78 is 0. The predicted molar refractivity (Wildman–Crippen MR) is 69.8 cm³/mol. The van der Waals surface area contributed by atoms with Gasteiger partial charge in [-0.3, -0.25) is 4.79 Å². The largest absolute Gasteiger partial charge is 0.337 e. The van der Waals surface area contributed by atoms with E-state index in [2.05, 4.69) is 30.1 Å². The summed E-state index contributed by atoms with van der Waals surface area (Å²) in [6.45, 7) is 6.05. The number of hydrogen-bond acceptors (Lipinski definition) is 2. The SMILES string of the molecule is CC1CN(C(=O)CC2=CCCCC2)C(C)CN1. The summed E-state index contributed by atoms with van der Waals surface area (Å²) >= 11 is 0. The maximum atomic E-state index is 12.3. The second kappa shape index (κ2) is 5.67. The fourth-order valence-corrected chi connectivity index (χ4v) is 2.73. The molecule has 2 aliphatic rings. The Balaban J connectivity index is 1.91. The molecular formula is C14H24N2O. The number of carbonyl (C=O) groups is 1. The minimum Gasteiger partial charge on any atom is -0.337 e. The van der Waals surface area contributed by atoms with E-state index in [1.165, 1.54) is 18.4 Å². The Morgan fingerprint density at radius 1 is 1.47 bits per heavy atom. The van der Waals surface area contributed by atoms with E-state index in [0.717, 1.165) is 25.9 Å². The fraction of sp³-hybridized carbons (Fsp3) is 0.786. The summed E-state index contributed by atoms with van der Waals surface area (Å²) in [5.41, 5.74) is 1.36. The van der Waals surface area contributed by atoms with Crippen LogP contribution in [-0.4, -0.2) is 36.0 Å². The molecule has 0 bridgehead atoms. The van der Waals surface area contributed by atoms with Gasteiger partial charge < -0.3 is 10.2 Å². The van der Waals surface area contributed by atoms with Gasteiger partial charge in [0.1, 0.15) is 0 Å². The lowest BCUT2D eigenvalue weighted by Crippen LogP contribution is -2.56. The van der Waals surface area contributed by atoms with Crippen molar-refractivity contribution >= 4 is 5.91 Å². The van der Waals surface area contributed by atoms with Crippen LogP contribution in [0, 0.1) is 0 Å². The Labute approximate surface area is 104 Å². The third kappa shape index (κ3) is 3.32. The molecule has 1 amide bonds. The molecule has 2 unspecified atom stereocenters. The first-order valence-electron chi connectivity index (χ1n) is 6.87. The average molecular weight is 236 g/mol. The van der Waals surface area contributed by atoms with Crippen molar-refractivity contribution in [2.24, 2.45) is 0 Å². The highest BCUT2D eigenvalue weighted by atomic mass is 16.2. The number of amides is 1. The summed E-state index contributed by atoms with van der Waals surface area (Å²) in [5, 5.41) is 3.41. The van der Waals surface area contributed by atoms with Crippen molar-refractivity contribution < 1.29 is 4.79 Å². The van der Waals surface area contributed by atoms with Crippen LogP contribution >= 0.6 is 0 Å². The van der Waals surface area contributed by atoms with Crippen molar-refractivity contribution in [3.63, 3.8) is 0 Å². The van der Waals surface area contributed by atoms with E-state index in [-0.39, 0.29) is 0 Å². The lowest BCUT2D eigenvalue weighted by Gasteiger charge is -2.38. The van der Waals surface area contributed by atoms with Crippen molar-refractivity contribution in [2.45, 2.75) is 58.0 Å². The van der Waals surface area contributed by atoms with Gasteiger partial charge in [-0.05, 0) is 39.5 Å². The molecule has 0 spiro atoms. The van der Waals surface area contributed by atoms with Crippen LogP contribution < -0.4 is 5.32 Å². The Kier molecular flexibility index (Phi) is 4.21. The van der Waals surface area contributed by atoms with Crippen molar-refractivity contribution in [1.29, 1.82) is 0 Å². The van der Waals surface area contributed by atoms with Gasteiger partial charge in [0.15, 0.2) is 0 Å². The first-order chi connectivity index (χ1) is 8.16. The second-order valence-electron chi connectivity index (χ2n) is 5.49. The third-order valence-corrected chi connectivity index (χ3v) is 3.85. The number of allylic oxidation sites excluding steroid dienone is 1. The van der Waals surface area contributed by atoms with Crippen LogP contribution in [0.15, 0.2) is 11.6 Å². The summed E-state index contributed by atoms with van der Waals surface area (Å²) in [6.07, 6.45) is 7.76. The third-order valence-electron chi connectivity index (χ3n) is 3.85. The van der Waals surface area contributed by atoms with Crippen LogP contribution in [0.5, 0.6) is 0 Å². The lowest BCUT2D eigenvalue weighted by atomic mass is 9.96. The highest BCUT2D eigenvalue weighted by molar-refractivity contribution is 5.79. The van der Waals surface area contributed by atoms with Crippen LogP contribution in [0.4, 0.5) is 0 Å². The molecule has 1 fully saturated rings. The Morgan fingerprint density at radius 2 is 2.29 bits per heavy atom. The zero-order valence-corrected chi connectivity index (χ0v) is 11.0. The van der Waals surface area contributed by atoms with Crippen LogP contribution in [0.1, 0.15) is 46.0 Å². The predicted octanol–water partition coefficient (Wildman–Crippen LogP) is 2.09. The minimum atomic E-state index is 0.319. The molecule has 96 valence electrons. The topological polar surface area (TPSA) is 32.3 Å². The Bertz CT molecular complexity index is 311. The summed E-state index contributed by atoms with van der Waals surface area (Å²) in [4.78, 5) is 14.3. The van der Waals surface area contributed by atoms with Crippen LogP contribution in [0.3, 0.4) is 0 Å². The summed E-state index contributed by atoms with van der Waals surface area (Å²) in [7, 11) is 0. The van der Waals surface area contributed by atoms with E-state index in [1.807, 2.05) is 0 Å². The van der Waals surface area contributed by atoms with E-state index in [4.69, 9.17) is 0 Å². The molecule has 2 atom stereocenters. The van der Waals surface area contributed by atoms with Crippen molar-refractivity contribution in [3.8, 4) is 0 Å². The average Bonchev–Trinajstić information content (AvgIpc) is 2.33. The van der Waals surface area contributed by atoms with Gasteiger partial charge >= 0.3 is 0 Å². The van der Waals surface area contributed by atoms with Gasteiger partial charge in [0.05, 0.1) is 0 Å². The molecule has 0 aromatic heterocycles. The van der Waals surface area contributed by atoms with Crippen LogP contribution in [-0.2, 0) is 4.79 Å². The molecule has 1 N–H and O–H groups in total. The number of rotatable bonds is 2. The smallest absolute Gasteiger partial charge is 0.226 e. The van der Waals surface area contributed by atoms with E-state index in [0.29, 0.717) is 24.4 Å². The van der Waals surface area contributed by atoms with Crippen LogP contribution in [0.25, 0.3) is 0 Å². The highest BCUT2D eigenvalue weighted by Gasteiger charge is 2.26. The number of hydrogen-bond donors (Lipinski definition) is 1. The molecule has 3 nitrogen and oxygen atoms in total. The second-order valence-corrected chi connectivity index (χ2v) is 5.49. The van der Waals surface area contributed by atoms with Crippen molar-refractivity contribution in [3.05, 3.63) is 11.6 Å². The van der Waals surface area contributed by atoms with Gasteiger partial charge in [0.25, 0.3) is 0 Å². The first-order valence-corrected chi connectivity index (χ1v) is 6.87. The van der Waals surface area contributed by atoms with Crippen molar-refractivity contribution in [1.82, 2.24) is 10.2 Å². The molecule has 1 saturated heterocycles. The lowest BCUT2D eigenvalue weighted by molar-refractivity contribution is -0.133. The van der Waals surface area contributed by atoms with Gasteiger partial charge in [-0.25, -0.2) is 0 Å². The molecular weight excluding hydrogens is 212 g/mol. The van der Waals surface area contributed by atoms with E-state index < -0.39 is 0 Å². The molecule has 0 aromatic carbocycles. The highest BCUT2D eigenvalue weighted by Crippen LogP contribution is 2.21. The summed E-state index contributed by atoms with van der Waals surface area (Å²) in [5.74, 6) is 0.319. The minimum absolute atomic E-state index is 0.319. The first kappa shape index (κ1) is 12.6. The maximum absolute atomic E-state index is 12.3. The number of piperazine rings is 1. The molecule has 0 radical (unpaired) electrons. The van der Waals surface area contributed by atoms with Crippen LogP contribution in [0.2, 0.25) is 0 Å². The van der Waals surface area contributed by atoms with Gasteiger partial charge in [-0.2, -0.15) is 0 Å². The standard InChI is InChI=1S/C14H24N2O/c1-11-10-16(12(2)9-15-11)14(17)8-13-6-4-3-5-7-13/h6,11-12,15H,3-5,7-10H2,1-2H3. The van der Waals surface area contributed by atoms with Crippen molar-refractivity contribution in [2.75, 3.05) is 13.1 Å². The molecule has 3 heteroatoms. The zero-order chi connectivity index (χ0) is 12.3. The van der Waals surface area contributed by atoms with E-state index >= 15 is 0 Å². The Hall–Kier alpha value is -0.830. The summed E-state index contributed by atoms with van der Waals surface area (Å²) in [6, 6.07) is 0.762. The van der Waals surface area contributed by atoms with Gasteiger partial charge in [-0.15, -0.1) is 0 Å². The normalized spacial score (nSPS) is 30.0. The monoisotopic (exact) mass is 236 g/mol. The number of carbonyl (C=O) groups excluding carboxylic acids is 1. The van der Waals surface area contributed by atoms with Gasteiger partial charge in [0, 0.05) is 31.6 Å². The molecule has 1 aliphatic heterocycles. The van der Waals surface area contributed by atoms with Gasteiger partial charge in [0.2, 0.25) is 5.91 Å². The number of nitrogens with one attached hydrogen (secondary N) is 1. The fourth-order valence-electron chi connectivity index (χ4n) is 2.73. The molecule has 0 aromatic rings. The zero-order valence-electron chi connectivity index (χ0n) is 11.0.